The average Bonchev–Trinajstić information content (AvgIpc) is 3.12. The number of nitrogens with one attached hydrogen (secondary N) is 1. The number of imidazole rings is 1. The lowest BCUT2D eigenvalue weighted by atomic mass is 10.1. The summed E-state index contributed by atoms with van der Waals surface area (Å²) >= 11 is 0. The summed E-state index contributed by atoms with van der Waals surface area (Å²) in [5.74, 6) is 2.41. The van der Waals surface area contributed by atoms with Crippen LogP contribution in [0.4, 0.5) is 0 Å². The molecule has 0 saturated heterocycles. The van der Waals surface area contributed by atoms with Gasteiger partial charge in [-0.2, -0.15) is 0 Å². The van der Waals surface area contributed by atoms with Crippen molar-refractivity contribution >= 4 is 16.9 Å². The molecule has 0 aliphatic rings. The quantitative estimate of drug-likeness (QED) is 0.331. The topological polar surface area (TPSA) is 65.4 Å². The molecular weight excluding hydrogens is 402 g/mol. The van der Waals surface area contributed by atoms with E-state index >= 15 is 0 Å². The number of fused-ring (bicyclic) bond motifs is 1. The van der Waals surface area contributed by atoms with Gasteiger partial charge in [-0.3, -0.25) is 4.79 Å². The van der Waals surface area contributed by atoms with E-state index in [0.29, 0.717) is 24.5 Å². The van der Waals surface area contributed by atoms with E-state index in [0.717, 1.165) is 60.2 Å². The summed E-state index contributed by atoms with van der Waals surface area (Å²) in [6, 6.07) is 13.8. The summed E-state index contributed by atoms with van der Waals surface area (Å²) in [7, 11) is 3.19. The van der Waals surface area contributed by atoms with Gasteiger partial charge >= 0.3 is 0 Å². The van der Waals surface area contributed by atoms with Crippen LogP contribution in [-0.2, 0) is 24.2 Å². The molecule has 6 heteroatoms. The SMILES string of the molecule is C=C(C)Cn1c(CCCCCNC(=O)Cc2ccc(OC)c(OC)c2)nc2ccccc21. The number of carbonyl (C=O) groups excluding carboxylic acids is 1. The van der Waals surface area contributed by atoms with Crippen molar-refractivity contribution in [2.45, 2.75) is 45.6 Å². The maximum absolute atomic E-state index is 12.3. The third-order valence-corrected chi connectivity index (χ3v) is 5.37. The molecule has 0 spiro atoms. The van der Waals surface area contributed by atoms with Gasteiger partial charge in [0, 0.05) is 19.5 Å². The Morgan fingerprint density at radius 3 is 2.59 bits per heavy atom. The Morgan fingerprint density at radius 1 is 1.06 bits per heavy atom. The molecule has 0 saturated carbocycles. The molecular formula is C26H33N3O3. The second kappa shape index (κ2) is 11.4. The molecule has 1 N–H and O–H groups in total. The van der Waals surface area contributed by atoms with Gasteiger partial charge in [0.25, 0.3) is 0 Å². The standard InChI is InChI=1S/C26H33N3O3/c1-19(2)18-29-22-11-8-7-10-21(22)28-25(29)12-6-5-9-15-27-26(30)17-20-13-14-23(31-3)24(16-20)32-4/h7-8,10-11,13-14,16H,1,5-6,9,12,15,17-18H2,2-4H3,(H,27,30). The fourth-order valence-electron chi connectivity index (χ4n) is 3.81. The number of aromatic nitrogens is 2. The fourth-order valence-corrected chi connectivity index (χ4v) is 3.81. The Labute approximate surface area is 190 Å². The van der Waals surface area contributed by atoms with Crippen LogP contribution in [0.15, 0.2) is 54.6 Å². The first-order valence-electron chi connectivity index (χ1n) is 11.1. The Hall–Kier alpha value is -3.28. The summed E-state index contributed by atoms with van der Waals surface area (Å²) in [5.41, 5.74) is 4.21. The monoisotopic (exact) mass is 435 g/mol. The van der Waals surface area contributed by atoms with Crippen molar-refractivity contribution < 1.29 is 14.3 Å². The largest absolute Gasteiger partial charge is 0.493 e. The number of allylic oxidation sites excluding steroid dienone is 1. The molecule has 6 nitrogen and oxygen atoms in total. The van der Waals surface area contributed by atoms with E-state index in [1.165, 1.54) is 0 Å². The summed E-state index contributed by atoms with van der Waals surface area (Å²) < 4.78 is 12.8. The minimum atomic E-state index is 0.0143. The van der Waals surface area contributed by atoms with E-state index in [9.17, 15) is 4.79 Å². The second-order valence-corrected chi connectivity index (χ2v) is 8.09. The first-order chi connectivity index (χ1) is 15.5. The molecule has 1 heterocycles. The number of unbranched alkanes of at least 4 members (excludes halogenated alkanes) is 2. The highest BCUT2D eigenvalue weighted by Gasteiger charge is 2.11. The highest BCUT2D eigenvalue weighted by molar-refractivity contribution is 5.78. The van der Waals surface area contributed by atoms with Crippen molar-refractivity contribution in [3.05, 3.63) is 66.0 Å². The lowest BCUT2D eigenvalue weighted by molar-refractivity contribution is -0.120. The average molecular weight is 436 g/mol. The molecule has 3 rings (SSSR count). The Balaban J connectivity index is 1.42. The summed E-state index contributed by atoms with van der Waals surface area (Å²) in [6.45, 7) is 7.57. The molecule has 2 aromatic carbocycles. The molecule has 0 aliphatic carbocycles. The molecule has 0 atom stereocenters. The van der Waals surface area contributed by atoms with Crippen LogP contribution in [0.25, 0.3) is 11.0 Å². The summed E-state index contributed by atoms with van der Waals surface area (Å²) in [4.78, 5) is 17.1. The number of methoxy groups -OCH3 is 2. The third-order valence-electron chi connectivity index (χ3n) is 5.37. The predicted molar refractivity (Wildman–Crippen MR) is 128 cm³/mol. The zero-order valence-corrected chi connectivity index (χ0v) is 19.3. The van der Waals surface area contributed by atoms with Gasteiger partial charge in [-0.1, -0.05) is 36.8 Å². The first-order valence-corrected chi connectivity index (χ1v) is 11.1. The molecule has 0 fully saturated rings. The number of amides is 1. The number of rotatable bonds is 12. The van der Waals surface area contributed by atoms with Crippen molar-refractivity contribution in [1.82, 2.24) is 14.9 Å². The summed E-state index contributed by atoms with van der Waals surface area (Å²) in [6.07, 6.45) is 4.25. The van der Waals surface area contributed by atoms with Crippen LogP contribution in [0.5, 0.6) is 11.5 Å². The molecule has 1 aromatic heterocycles. The Kier molecular flexibility index (Phi) is 8.31. The second-order valence-electron chi connectivity index (χ2n) is 8.09. The van der Waals surface area contributed by atoms with Crippen LogP contribution in [0.1, 0.15) is 37.6 Å². The van der Waals surface area contributed by atoms with Crippen molar-refractivity contribution in [2.24, 2.45) is 0 Å². The molecule has 0 unspecified atom stereocenters. The van der Waals surface area contributed by atoms with Gasteiger partial charge in [0.05, 0.1) is 31.7 Å². The molecule has 3 aromatic rings. The lowest BCUT2D eigenvalue weighted by Crippen LogP contribution is -2.26. The van der Waals surface area contributed by atoms with E-state index in [4.69, 9.17) is 14.5 Å². The zero-order valence-electron chi connectivity index (χ0n) is 19.3. The first kappa shape index (κ1) is 23.4. The highest BCUT2D eigenvalue weighted by atomic mass is 16.5. The van der Waals surface area contributed by atoms with Crippen LogP contribution in [0.3, 0.4) is 0 Å². The van der Waals surface area contributed by atoms with E-state index in [1.807, 2.05) is 37.3 Å². The number of aryl methyl sites for hydroxylation is 1. The number of hydrogen-bond donors (Lipinski definition) is 1. The number of ether oxygens (including phenoxy) is 2. The van der Waals surface area contributed by atoms with E-state index in [1.54, 1.807) is 14.2 Å². The molecule has 32 heavy (non-hydrogen) atoms. The highest BCUT2D eigenvalue weighted by Crippen LogP contribution is 2.27. The van der Waals surface area contributed by atoms with E-state index in [-0.39, 0.29) is 5.91 Å². The summed E-state index contributed by atoms with van der Waals surface area (Å²) in [5, 5.41) is 3.01. The number of hydrogen-bond acceptors (Lipinski definition) is 4. The van der Waals surface area contributed by atoms with Crippen molar-refractivity contribution in [2.75, 3.05) is 20.8 Å². The van der Waals surface area contributed by atoms with Gasteiger partial charge in [0.1, 0.15) is 5.82 Å². The molecule has 170 valence electrons. The van der Waals surface area contributed by atoms with Gasteiger partial charge in [0.15, 0.2) is 11.5 Å². The van der Waals surface area contributed by atoms with Crippen LogP contribution < -0.4 is 14.8 Å². The predicted octanol–water partition coefficient (Wildman–Crippen LogP) is 4.70. The minimum Gasteiger partial charge on any atom is -0.493 e. The van der Waals surface area contributed by atoms with Crippen LogP contribution in [-0.4, -0.2) is 36.2 Å². The Bertz CT molecular complexity index is 1070. The van der Waals surface area contributed by atoms with Gasteiger partial charge in [-0.25, -0.2) is 4.98 Å². The van der Waals surface area contributed by atoms with Gasteiger partial charge in [-0.05, 0) is 49.6 Å². The van der Waals surface area contributed by atoms with Crippen LogP contribution in [0.2, 0.25) is 0 Å². The van der Waals surface area contributed by atoms with Gasteiger partial charge < -0.3 is 19.4 Å². The maximum atomic E-state index is 12.3. The van der Waals surface area contributed by atoms with E-state index < -0.39 is 0 Å². The Morgan fingerprint density at radius 2 is 1.84 bits per heavy atom. The molecule has 0 radical (unpaired) electrons. The zero-order chi connectivity index (χ0) is 22.9. The van der Waals surface area contributed by atoms with Crippen molar-refractivity contribution in [1.29, 1.82) is 0 Å². The fraction of sp³-hybridized carbons (Fsp3) is 0.385. The van der Waals surface area contributed by atoms with Gasteiger partial charge in [0.2, 0.25) is 5.91 Å². The smallest absolute Gasteiger partial charge is 0.224 e. The van der Waals surface area contributed by atoms with Gasteiger partial charge in [-0.15, -0.1) is 0 Å². The number of benzene rings is 2. The minimum absolute atomic E-state index is 0.0143. The van der Waals surface area contributed by atoms with Crippen molar-refractivity contribution in [3.63, 3.8) is 0 Å². The number of nitrogens with zero attached hydrogens (tertiary/aromatic N) is 2. The molecule has 0 aliphatic heterocycles. The molecule has 1 amide bonds. The maximum Gasteiger partial charge on any atom is 0.224 e. The lowest BCUT2D eigenvalue weighted by Gasteiger charge is -2.10. The van der Waals surface area contributed by atoms with Crippen LogP contribution in [0, 0.1) is 0 Å². The number of carbonyl (C=O) groups is 1. The number of para-hydroxylation sites is 2. The molecule has 0 bridgehead atoms. The van der Waals surface area contributed by atoms with E-state index in [2.05, 4.69) is 28.6 Å². The normalized spacial score (nSPS) is 10.8. The van der Waals surface area contributed by atoms with Crippen LogP contribution >= 0.6 is 0 Å². The van der Waals surface area contributed by atoms with Crippen molar-refractivity contribution in [3.8, 4) is 11.5 Å². The third kappa shape index (κ3) is 6.13.